The van der Waals surface area contributed by atoms with Crippen LogP contribution in [0.2, 0.25) is 0 Å². The summed E-state index contributed by atoms with van der Waals surface area (Å²) in [5.74, 6) is 0.0122. The largest absolute Gasteiger partial charge is 0.353 e. The van der Waals surface area contributed by atoms with Gasteiger partial charge in [0.05, 0.1) is 23.8 Å². The summed E-state index contributed by atoms with van der Waals surface area (Å²) in [6.45, 7) is 13.2. The van der Waals surface area contributed by atoms with Gasteiger partial charge in [0.25, 0.3) is 5.91 Å². The molecule has 0 N–H and O–H groups in total. The first-order valence-corrected chi connectivity index (χ1v) is 9.67. The summed E-state index contributed by atoms with van der Waals surface area (Å²) in [4.78, 5) is 17.2. The molecule has 0 aliphatic carbocycles. The number of hydrogen-bond donors (Lipinski definition) is 0. The van der Waals surface area contributed by atoms with Gasteiger partial charge in [0, 0.05) is 25.7 Å². The lowest BCUT2D eigenvalue weighted by molar-refractivity contribution is -0.212. The van der Waals surface area contributed by atoms with Gasteiger partial charge in [0.1, 0.15) is 0 Å². The maximum Gasteiger partial charge on any atom is 0.258 e. The molecular formula is C22H29N3O2. The zero-order chi connectivity index (χ0) is 19.7. The van der Waals surface area contributed by atoms with Gasteiger partial charge in [0.15, 0.2) is 5.60 Å². The van der Waals surface area contributed by atoms with Crippen molar-refractivity contribution in [3.05, 3.63) is 48.0 Å². The van der Waals surface area contributed by atoms with Gasteiger partial charge < -0.3 is 9.64 Å². The fraction of sp³-hybridized carbons (Fsp3) is 0.545. The molecule has 5 nitrogen and oxygen atoms in total. The van der Waals surface area contributed by atoms with E-state index < -0.39 is 5.60 Å². The summed E-state index contributed by atoms with van der Waals surface area (Å²) in [5, 5.41) is 8.92. The summed E-state index contributed by atoms with van der Waals surface area (Å²) in [7, 11) is 0. The van der Waals surface area contributed by atoms with Gasteiger partial charge in [-0.1, -0.05) is 24.8 Å². The molecule has 2 aliphatic rings. The number of benzene rings is 1. The van der Waals surface area contributed by atoms with E-state index in [2.05, 4.69) is 31.4 Å². The Morgan fingerprint density at radius 1 is 1.30 bits per heavy atom. The minimum Gasteiger partial charge on any atom is -0.353 e. The third-order valence-corrected chi connectivity index (χ3v) is 5.84. The van der Waals surface area contributed by atoms with Crippen molar-refractivity contribution in [3.63, 3.8) is 0 Å². The number of nitrogens with zero attached hydrogens (tertiary/aromatic N) is 3. The van der Waals surface area contributed by atoms with Crippen LogP contribution in [0.5, 0.6) is 0 Å². The number of amides is 1. The molecule has 1 atom stereocenters. The molecule has 2 heterocycles. The van der Waals surface area contributed by atoms with E-state index in [0.717, 1.165) is 32.5 Å². The first-order valence-electron chi connectivity index (χ1n) is 9.67. The normalized spacial score (nSPS) is 25.6. The number of ether oxygens (including phenoxy) is 1. The molecule has 5 heteroatoms. The molecule has 3 rings (SSSR count). The highest BCUT2D eigenvalue weighted by Gasteiger charge is 2.51. The van der Waals surface area contributed by atoms with Crippen LogP contribution >= 0.6 is 0 Å². The number of morpholine rings is 1. The number of rotatable bonds is 4. The fourth-order valence-corrected chi connectivity index (χ4v) is 4.06. The van der Waals surface area contributed by atoms with Crippen LogP contribution in [0.25, 0.3) is 0 Å². The van der Waals surface area contributed by atoms with Gasteiger partial charge in [0.2, 0.25) is 0 Å². The van der Waals surface area contributed by atoms with Gasteiger partial charge in [-0.05, 0) is 51.3 Å². The van der Waals surface area contributed by atoms with Crippen LogP contribution in [-0.2, 0) is 16.1 Å². The number of likely N-dealkylation sites (tertiary alicyclic amines) is 1. The number of hydrogen-bond acceptors (Lipinski definition) is 4. The number of piperidine rings is 1. The Hall–Kier alpha value is -2.16. The molecule has 0 radical (unpaired) electrons. The van der Waals surface area contributed by atoms with E-state index in [1.54, 1.807) is 6.08 Å². The molecule has 0 aromatic heterocycles. The molecule has 1 aromatic rings. The standard InChI is InChI=1S/C22H29N3O2/c1-5-21(4)20(26)25(17(2)3)16-22(27-21)10-12-24(13-11-22)15-19-8-6-18(14-23)7-9-19/h5-9,17H,1,10-13,15-16H2,2-4H3/t21-/m1/s1. The second-order valence-electron chi connectivity index (χ2n) is 8.21. The van der Waals surface area contributed by atoms with Crippen LogP contribution in [0.1, 0.15) is 44.7 Å². The number of carbonyl (C=O) groups excluding carboxylic acids is 1. The van der Waals surface area contributed by atoms with E-state index in [4.69, 9.17) is 10.00 Å². The van der Waals surface area contributed by atoms with Gasteiger partial charge in [-0.3, -0.25) is 9.69 Å². The quantitative estimate of drug-likeness (QED) is 0.768. The highest BCUT2D eigenvalue weighted by Crippen LogP contribution is 2.38. The van der Waals surface area contributed by atoms with Crippen molar-refractivity contribution in [2.45, 2.75) is 57.4 Å². The molecule has 0 bridgehead atoms. The molecule has 1 spiro atoms. The average Bonchev–Trinajstić information content (AvgIpc) is 2.67. The number of carbonyl (C=O) groups is 1. The predicted octanol–water partition coefficient (Wildman–Crippen LogP) is 3.10. The zero-order valence-corrected chi connectivity index (χ0v) is 16.6. The lowest BCUT2D eigenvalue weighted by Gasteiger charge is -2.53. The van der Waals surface area contributed by atoms with Crippen molar-refractivity contribution in [1.29, 1.82) is 5.26 Å². The second kappa shape index (κ2) is 7.46. The maximum atomic E-state index is 12.8. The molecule has 2 fully saturated rings. The summed E-state index contributed by atoms with van der Waals surface area (Å²) in [6.07, 6.45) is 3.43. The van der Waals surface area contributed by atoms with E-state index in [1.807, 2.05) is 36.1 Å². The monoisotopic (exact) mass is 367 g/mol. The van der Waals surface area contributed by atoms with Gasteiger partial charge in [-0.2, -0.15) is 5.26 Å². The van der Waals surface area contributed by atoms with E-state index in [0.29, 0.717) is 12.1 Å². The highest BCUT2D eigenvalue weighted by molar-refractivity contribution is 5.88. The maximum absolute atomic E-state index is 12.8. The summed E-state index contributed by atoms with van der Waals surface area (Å²) in [6, 6.07) is 10.1. The molecule has 1 amide bonds. The van der Waals surface area contributed by atoms with Crippen LogP contribution in [-0.4, -0.2) is 52.6 Å². The molecule has 2 saturated heterocycles. The second-order valence-corrected chi connectivity index (χ2v) is 8.21. The molecule has 2 aliphatic heterocycles. The summed E-state index contributed by atoms with van der Waals surface area (Å²) >= 11 is 0. The first-order chi connectivity index (χ1) is 12.8. The van der Waals surface area contributed by atoms with Gasteiger partial charge >= 0.3 is 0 Å². The van der Waals surface area contributed by atoms with Crippen molar-refractivity contribution in [1.82, 2.24) is 9.80 Å². The molecule has 0 saturated carbocycles. The summed E-state index contributed by atoms with van der Waals surface area (Å²) in [5.41, 5.74) is 0.652. The molecule has 1 aromatic carbocycles. The fourth-order valence-electron chi connectivity index (χ4n) is 4.06. The van der Waals surface area contributed by atoms with E-state index in [-0.39, 0.29) is 17.6 Å². The van der Waals surface area contributed by atoms with Crippen molar-refractivity contribution < 1.29 is 9.53 Å². The van der Waals surface area contributed by atoms with E-state index in [9.17, 15) is 4.79 Å². The van der Waals surface area contributed by atoms with Crippen molar-refractivity contribution in [3.8, 4) is 6.07 Å². The lowest BCUT2D eigenvalue weighted by atomic mass is 9.85. The van der Waals surface area contributed by atoms with Gasteiger partial charge in [-0.15, -0.1) is 0 Å². The highest BCUT2D eigenvalue weighted by atomic mass is 16.5. The predicted molar refractivity (Wildman–Crippen MR) is 105 cm³/mol. The van der Waals surface area contributed by atoms with Gasteiger partial charge in [-0.25, -0.2) is 0 Å². The van der Waals surface area contributed by atoms with Crippen LogP contribution in [0.15, 0.2) is 36.9 Å². The smallest absolute Gasteiger partial charge is 0.258 e. The molecule has 144 valence electrons. The Balaban J connectivity index is 1.68. The Morgan fingerprint density at radius 3 is 2.44 bits per heavy atom. The van der Waals surface area contributed by atoms with Crippen molar-refractivity contribution in [2.24, 2.45) is 0 Å². The molecular weight excluding hydrogens is 338 g/mol. The molecule has 0 unspecified atom stereocenters. The molecule has 27 heavy (non-hydrogen) atoms. The minimum absolute atomic E-state index is 0.0122. The lowest BCUT2D eigenvalue weighted by Crippen LogP contribution is -2.66. The van der Waals surface area contributed by atoms with Crippen molar-refractivity contribution in [2.75, 3.05) is 19.6 Å². The average molecular weight is 367 g/mol. The summed E-state index contributed by atoms with van der Waals surface area (Å²) < 4.78 is 6.40. The number of nitriles is 1. The SMILES string of the molecule is C=C[C@@]1(C)OC2(CCN(Cc3ccc(C#N)cc3)CC2)CN(C(C)C)C1=O. The Labute approximate surface area is 162 Å². The van der Waals surface area contributed by atoms with Crippen LogP contribution < -0.4 is 0 Å². The van der Waals surface area contributed by atoms with Crippen LogP contribution in [0, 0.1) is 11.3 Å². The van der Waals surface area contributed by atoms with E-state index in [1.165, 1.54) is 5.56 Å². The van der Waals surface area contributed by atoms with E-state index >= 15 is 0 Å². The topological polar surface area (TPSA) is 56.6 Å². The third kappa shape index (κ3) is 3.92. The first kappa shape index (κ1) is 19.6. The Bertz CT molecular complexity index is 742. The van der Waals surface area contributed by atoms with Crippen molar-refractivity contribution >= 4 is 5.91 Å². The Morgan fingerprint density at radius 2 is 1.93 bits per heavy atom. The zero-order valence-electron chi connectivity index (χ0n) is 16.6. The minimum atomic E-state index is -0.947. The van der Waals surface area contributed by atoms with Crippen LogP contribution in [0.4, 0.5) is 0 Å². The third-order valence-electron chi connectivity index (χ3n) is 5.84. The van der Waals surface area contributed by atoms with Crippen LogP contribution in [0.3, 0.4) is 0 Å². The Kier molecular flexibility index (Phi) is 5.41.